The van der Waals surface area contributed by atoms with Gasteiger partial charge in [0.05, 0.1) is 4.87 Å². The van der Waals surface area contributed by atoms with Crippen LogP contribution in [0.25, 0.3) is 5.57 Å². The molecule has 1 N–H and O–H groups in total. The van der Waals surface area contributed by atoms with Gasteiger partial charge in [-0.3, -0.25) is 0 Å². The molecule has 0 amide bonds. The summed E-state index contributed by atoms with van der Waals surface area (Å²) >= 11 is 13.7. The van der Waals surface area contributed by atoms with Gasteiger partial charge in [-0.05, 0) is 19.4 Å². The first-order valence-corrected chi connectivity index (χ1v) is 6.50. The molecular weight excluding hydrogens is 281 g/mol. The second kappa shape index (κ2) is 4.44. The largest absolute Gasteiger partial charge is 0.476 e. The smallest absolute Gasteiger partial charge is 0.355 e. The molecule has 0 saturated heterocycles. The Balaban J connectivity index is 2.50. The van der Waals surface area contributed by atoms with E-state index in [4.69, 9.17) is 28.3 Å². The molecule has 6 heteroatoms. The monoisotopic (exact) mass is 289 g/mol. The maximum absolute atomic E-state index is 10.8. The van der Waals surface area contributed by atoms with Crippen molar-refractivity contribution in [3.8, 4) is 0 Å². The van der Waals surface area contributed by atoms with Gasteiger partial charge in [0.15, 0.2) is 5.69 Å². The molecule has 1 atom stereocenters. The van der Waals surface area contributed by atoms with Crippen molar-refractivity contribution in [2.24, 2.45) is 0 Å². The number of allylic oxidation sites excluding steroid dienone is 4. The molecule has 90 valence electrons. The van der Waals surface area contributed by atoms with E-state index in [0.717, 1.165) is 0 Å². The van der Waals surface area contributed by atoms with Gasteiger partial charge in [0.2, 0.25) is 0 Å². The number of aromatic nitrogens is 1. The highest BCUT2D eigenvalue weighted by atomic mass is 35.5. The highest BCUT2D eigenvalue weighted by molar-refractivity contribution is 7.11. The highest BCUT2D eigenvalue weighted by Gasteiger charge is 2.32. The number of thiazole rings is 1. The van der Waals surface area contributed by atoms with E-state index in [-0.39, 0.29) is 5.69 Å². The Labute approximate surface area is 112 Å². The van der Waals surface area contributed by atoms with Gasteiger partial charge in [0.25, 0.3) is 0 Å². The molecule has 0 saturated carbocycles. The molecule has 1 heterocycles. The van der Waals surface area contributed by atoms with Gasteiger partial charge in [-0.25, -0.2) is 9.78 Å². The molecule has 1 aliphatic rings. The van der Waals surface area contributed by atoms with Crippen LogP contribution < -0.4 is 0 Å². The predicted octanol–water partition coefficient (Wildman–Crippen LogP) is 3.75. The van der Waals surface area contributed by atoms with E-state index in [1.807, 2.05) is 13.0 Å². The van der Waals surface area contributed by atoms with Crippen molar-refractivity contribution in [1.82, 2.24) is 4.98 Å². The fourth-order valence-electron chi connectivity index (χ4n) is 1.63. The zero-order valence-corrected chi connectivity index (χ0v) is 11.2. The predicted molar refractivity (Wildman–Crippen MR) is 69.9 cm³/mol. The first-order chi connectivity index (χ1) is 7.92. The zero-order chi connectivity index (χ0) is 12.6. The zero-order valence-electron chi connectivity index (χ0n) is 8.91. The van der Waals surface area contributed by atoms with E-state index < -0.39 is 10.8 Å². The lowest BCUT2D eigenvalue weighted by atomic mass is 9.92. The normalized spacial score (nSPS) is 24.2. The third-order valence-electron chi connectivity index (χ3n) is 2.46. The van der Waals surface area contributed by atoms with Crippen LogP contribution in [0.4, 0.5) is 0 Å². The second-order valence-electron chi connectivity index (χ2n) is 3.87. The van der Waals surface area contributed by atoms with Crippen LogP contribution in [-0.2, 0) is 0 Å². The van der Waals surface area contributed by atoms with Crippen LogP contribution in [0.15, 0.2) is 22.6 Å². The molecule has 0 fully saturated rings. The fourth-order valence-corrected chi connectivity index (χ4v) is 3.44. The van der Waals surface area contributed by atoms with Crippen LogP contribution in [0.3, 0.4) is 0 Å². The van der Waals surface area contributed by atoms with Crippen molar-refractivity contribution in [3.63, 3.8) is 0 Å². The van der Waals surface area contributed by atoms with Crippen LogP contribution in [-0.4, -0.2) is 20.9 Å². The number of nitrogens with zero attached hydrogens (tertiary/aromatic N) is 1. The number of carboxylic acid groups (broad SMARTS) is 1. The molecule has 0 bridgehead atoms. The SMILES string of the molecule is CC1(Cl)CC=CC(Cl)=C1c1nc(C(=O)O)cs1. The molecule has 1 aliphatic carbocycles. The summed E-state index contributed by atoms with van der Waals surface area (Å²) < 4.78 is 0. The van der Waals surface area contributed by atoms with Crippen LogP contribution in [0.2, 0.25) is 0 Å². The third-order valence-corrected chi connectivity index (χ3v) is 3.98. The summed E-state index contributed by atoms with van der Waals surface area (Å²) in [6, 6.07) is 0. The summed E-state index contributed by atoms with van der Waals surface area (Å²) in [7, 11) is 0. The minimum atomic E-state index is -1.05. The fraction of sp³-hybridized carbons (Fsp3) is 0.273. The molecule has 0 aromatic carbocycles. The Morgan fingerprint density at radius 2 is 2.35 bits per heavy atom. The Morgan fingerprint density at radius 1 is 1.65 bits per heavy atom. The molecule has 0 radical (unpaired) electrons. The standard InChI is InChI=1S/C11H9Cl2NO2S/c1-11(13)4-2-3-6(12)8(11)9-14-7(5-17-9)10(15)16/h2-3,5H,4H2,1H3,(H,15,16). The molecule has 1 aromatic rings. The lowest BCUT2D eigenvalue weighted by Gasteiger charge is -2.26. The number of hydrogen-bond donors (Lipinski definition) is 1. The van der Waals surface area contributed by atoms with Gasteiger partial charge in [0.1, 0.15) is 5.01 Å². The van der Waals surface area contributed by atoms with E-state index >= 15 is 0 Å². The number of aromatic carboxylic acids is 1. The maximum atomic E-state index is 10.8. The van der Waals surface area contributed by atoms with Gasteiger partial charge in [-0.1, -0.05) is 17.7 Å². The van der Waals surface area contributed by atoms with Crippen molar-refractivity contribution < 1.29 is 9.90 Å². The van der Waals surface area contributed by atoms with Crippen LogP contribution in [0.5, 0.6) is 0 Å². The molecule has 1 unspecified atom stereocenters. The average molecular weight is 290 g/mol. The number of alkyl halides is 1. The summed E-state index contributed by atoms with van der Waals surface area (Å²) in [6.07, 6.45) is 4.30. The lowest BCUT2D eigenvalue weighted by Crippen LogP contribution is -2.20. The summed E-state index contributed by atoms with van der Waals surface area (Å²) in [6.45, 7) is 1.84. The van der Waals surface area contributed by atoms with E-state index in [2.05, 4.69) is 4.98 Å². The first kappa shape index (κ1) is 12.6. The maximum Gasteiger partial charge on any atom is 0.355 e. The molecule has 0 spiro atoms. The van der Waals surface area contributed by atoms with E-state index in [9.17, 15) is 4.79 Å². The molecule has 0 aliphatic heterocycles. The summed E-state index contributed by atoms with van der Waals surface area (Å²) in [5.41, 5.74) is 0.713. The third kappa shape index (κ3) is 2.39. The van der Waals surface area contributed by atoms with Crippen LogP contribution in [0, 0.1) is 0 Å². The number of hydrogen-bond acceptors (Lipinski definition) is 3. The molecular formula is C11H9Cl2NO2S. The minimum absolute atomic E-state index is 0.0176. The van der Waals surface area contributed by atoms with Crippen molar-refractivity contribution in [3.05, 3.63) is 33.3 Å². The summed E-state index contributed by atoms with van der Waals surface area (Å²) in [5, 5.41) is 11.4. The molecule has 17 heavy (non-hydrogen) atoms. The first-order valence-electron chi connectivity index (χ1n) is 4.87. The number of carbonyl (C=O) groups is 1. The molecule has 1 aromatic heterocycles. The highest BCUT2D eigenvalue weighted by Crippen LogP contribution is 2.43. The Hall–Kier alpha value is -0.840. The van der Waals surface area contributed by atoms with Crippen LogP contribution in [0.1, 0.15) is 28.8 Å². The quantitative estimate of drug-likeness (QED) is 0.844. The van der Waals surface area contributed by atoms with Crippen molar-refractivity contribution in [2.45, 2.75) is 18.2 Å². The van der Waals surface area contributed by atoms with Crippen molar-refractivity contribution in [1.29, 1.82) is 0 Å². The Bertz CT molecular complexity index is 531. The van der Waals surface area contributed by atoms with Crippen molar-refractivity contribution in [2.75, 3.05) is 0 Å². The second-order valence-corrected chi connectivity index (χ2v) is 5.97. The van der Waals surface area contributed by atoms with Gasteiger partial charge < -0.3 is 5.11 Å². The van der Waals surface area contributed by atoms with Gasteiger partial charge in [-0.15, -0.1) is 22.9 Å². The molecule has 2 rings (SSSR count). The van der Waals surface area contributed by atoms with Crippen LogP contribution >= 0.6 is 34.5 Å². The summed E-state index contributed by atoms with van der Waals surface area (Å²) in [5.74, 6) is -1.05. The number of halogens is 2. The molecule has 3 nitrogen and oxygen atoms in total. The number of rotatable bonds is 2. The van der Waals surface area contributed by atoms with E-state index in [1.54, 1.807) is 6.08 Å². The van der Waals surface area contributed by atoms with E-state index in [1.165, 1.54) is 16.7 Å². The summed E-state index contributed by atoms with van der Waals surface area (Å²) in [4.78, 5) is 14.2. The van der Waals surface area contributed by atoms with Crippen molar-refractivity contribution >= 4 is 46.1 Å². The Morgan fingerprint density at radius 3 is 2.88 bits per heavy atom. The van der Waals surface area contributed by atoms with Gasteiger partial charge in [-0.2, -0.15) is 0 Å². The number of carboxylic acids is 1. The van der Waals surface area contributed by atoms with E-state index in [0.29, 0.717) is 22.0 Å². The van der Waals surface area contributed by atoms with Gasteiger partial charge in [0, 0.05) is 16.0 Å². The lowest BCUT2D eigenvalue weighted by molar-refractivity contribution is 0.0691. The average Bonchev–Trinajstić information content (AvgIpc) is 2.65. The minimum Gasteiger partial charge on any atom is -0.476 e. The topological polar surface area (TPSA) is 50.2 Å². The Kier molecular flexibility index (Phi) is 3.30. The van der Waals surface area contributed by atoms with Gasteiger partial charge >= 0.3 is 5.97 Å².